The molecule has 2 saturated heterocycles. The maximum absolute atomic E-state index is 12.0. The number of hydrogen-bond donors (Lipinski definition) is 1. The first kappa shape index (κ1) is 11.4. The number of nitrogens with zero attached hydrogens (tertiary/aromatic N) is 1. The van der Waals surface area contributed by atoms with E-state index in [2.05, 4.69) is 0 Å². The molecule has 2 aliphatic rings. The van der Waals surface area contributed by atoms with Crippen LogP contribution < -0.4 is 5.73 Å². The van der Waals surface area contributed by atoms with Gasteiger partial charge in [-0.2, -0.15) is 0 Å². The zero-order valence-electron chi connectivity index (χ0n) is 9.52. The van der Waals surface area contributed by atoms with Gasteiger partial charge in [-0.25, -0.2) is 0 Å². The lowest BCUT2D eigenvalue weighted by Crippen LogP contribution is -2.44. The van der Waals surface area contributed by atoms with Gasteiger partial charge in [-0.15, -0.1) is 0 Å². The van der Waals surface area contributed by atoms with Crippen molar-refractivity contribution in [1.29, 1.82) is 0 Å². The quantitative estimate of drug-likeness (QED) is 0.526. The predicted octanol–water partition coefficient (Wildman–Crippen LogP) is -0.112. The Hall–Kier alpha value is -1.10. The minimum atomic E-state index is -0.775. The van der Waals surface area contributed by atoms with Gasteiger partial charge in [0, 0.05) is 18.6 Å². The molecular formula is C11H18N2O3. The number of ether oxygens (including phenoxy) is 1. The summed E-state index contributed by atoms with van der Waals surface area (Å²) in [5, 5.41) is 0. The second-order valence-corrected chi connectivity index (χ2v) is 4.40. The van der Waals surface area contributed by atoms with Crippen LogP contribution in [0.4, 0.5) is 0 Å². The Morgan fingerprint density at radius 1 is 1.56 bits per heavy atom. The third kappa shape index (κ3) is 1.69. The van der Waals surface area contributed by atoms with E-state index in [0.29, 0.717) is 6.61 Å². The molecule has 2 aliphatic heterocycles. The summed E-state index contributed by atoms with van der Waals surface area (Å²) in [5.74, 6) is -1.38. The van der Waals surface area contributed by atoms with Crippen molar-refractivity contribution in [1.82, 2.24) is 4.90 Å². The molecule has 0 aliphatic carbocycles. The number of esters is 1. The van der Waals surface area contributed by atoms with E-state index in [0.717, 1.165) is 25.8 Å². The van der Waals surface area contributed by atoms with Crippen molar-refractivity contribution in [2.75, 3.05) is 13.2 Å². The van der Waals surface area contributed by atoms with Gasteiger partial charge in [0.05, 0.1) is 6.61 Å². The highest BCUT2D eigenvalue weighted by molar-refractivity contribution is 6.00. The third-order valence-electron chi connectivity index (χ3n) is 3.47. The van der Waals surface area contributed by atoms with Crippen molar-refractivity contribution in [2.45, 2.75) is 38.3 Å². The molecule has 5 heteroatoms. The molecule has 0 unspecified atom stereocenters. The molecule has 16 heavy (non-hydrogen) atoms. The van der Waals surface area contributed by atoms with E-state index < -0.39 is 17.9 Å². The number of amides is 1. The van der Waals surface area contributed by atoms with Crippen molar-refractivity contribution >= 4 is 11.9 Å². The Balaban J connectivity index is 2.15. The van der Waals surface area contributed by atoms with E-state index in [1.165, 1.54) is 0 Å². The van der Waals surface area contributed by atoms with Crippen LogP contribution in [-0.4, -0.2) is 42.0 Å². The monoisotopic (exact) mass is 226 g/mol. The highest BCUT2D eigenvalue weighted by Crippen LogP contribution is 2.31. The molecule has 2 rings (SSSR count). The van der Waals surface area contributed by atoms with Crippen LogP contribution in [0, 0.1) is 5.92 Å². The van der Waals surface area contributed by atoms with Gasteiger partial charge < -0.3 is 15.4 Å². The second-order valence-electron chi connectivity index (χ2n) is 4.40. The molecule has 2 fully saturated rings. The Morgan fingerprint density at radius 2 is 2.31 bits per heavy atom. The Kier molecular flexibility index (Phi) is 3.14. The number of rotatable bonds is 2. The molecule has 0 aromatic carbocycles. The number of carbonyl (C=O) groups is 2. The molecule has 0 spiro atoms. The van der Waals surface area contributed by atoms with Crippen LogP contribution in [0.25, 0.3) is 0 Å². The molecule has 0 aromatic rings. The molecule has 0 radical (unpaired) electrons. The second kappa shape index (κ2) is 4.41. The molecule has 0 saturated carbocycles. The van der Waals surface area contributed by atoms with Crippen molar-refractivity contribution in [3.63, 3.8) is 0 Å². The number of hydrogen-bond acceptors (Lipinski definition) is 4. The SMILES string of the molecule is CCOC(=O)[C@@H]1C(=O)N2CCCC[C@H]2[C@H]1N. The number of nitrogens with two attached hydrogens (primary N) is 1. The van der Waals surface area contributed by atoms with E-state index in [1.807, 2.05) is 0 Å². The minimum Gasteiger partial charge on any atom is -0.465 e. The highest BCUT2D eigenvalue weighted by Gasteiger charge is 2.50. The standard InChI is InChI=1S/C11H18N2O3/c1-2-16-11(15)8-9(12)7-5-3-4-6-13(7)10(8)14/h7-9H,2-6,12H2,1H3/t7-,8-,9+/m0/s1. The lowest BCUT2D eigenvalue weighted by Gasteiger charge is -2.30. The fourth-order valence-electron chi connectivity index (χ4n) is 2.69. The molecule has 2 heterocycles. The highest BCUT2D eigenvalue weighted by atomic mass is 16.5. The van der Waals surface area contributed by atoms with E-state index >= 15 is 0 Å². The topological polar surface area (TPSA) is 72.6 Å². The first-order chi connectivity index (χ1) is 7.66. The van der Waals surface area contributed by atoms with Crippen LogP contribution >= 0.6 is 0 Å². The molecule has 0 aromatic heterocycles. The summed E-state index contributed by atoms with van der Waals surface area (Å²) in [6.45, 7) is 2.75. The molecule has 1 amide bonds. The maximum atomic E-state index is 12.0. The number of carbonyl (C=O) groups excluding carboxylic acids is 2. The largest absolute Gasteiger partial charge is 0.465 e. The van der Waals surface area contributed by atoms with Gasteiger partial charge in [0.25, 0.3) is 0 Å². The Bertz CT molecular complexity index is 306. The lowest BCUT2D eigenvalue weighted by atomic mass is 9.94. The van der Waals surface area contributed by atoms with Gasteiger partial charge in [0.15, 0.2) is 5.92 Å². The first-order valence-corrected chi connectivity index (χ1v) is 5.89. The smallest absolute Gasteiger partial charge is 0.320 e. The number of piperidine rings is 1. The summed E-state index contributed by atoms with van der Waals surface area (Å²) < 4.78 is 4.91. The van der Waals surface area contributed by atoms with Crippen LogP contribution in [0.2, 0.25) is 0 Å². The van der Waals surface area contributed by atoms with E-state index in [4.69, 9.17) is 10.5 Å². The molecular weight excluding hydrogens is 208 g/mol. The summed E-state index contributed by atoms with van der Waals surface area (Å²) in [5.41, 5.74) is 5.99. The maximum Gasteiger partial charge on any atom is 0.320 e. The third-order valence-corrected chi connectivity index (χ3v) is 3.47. The van der Waals surface area contributed by atoms with Gasteiger partial charge in [-0.1, -0.05) is 0 Å². The van der Waals surface area contributed by atoms with Crippen LogP contribution in [-0.2, 0) is 14.3 Å². The normalized spacial score (nSPS) is 33.8. The summed E-state index contributed by atoms with van der Waals surface area (Å²) in [6, 6.07) is -0.359. The van der Waals surface area contributed by atoms with Gasteiger partial charge in [-0.05, 0) is 26.2 Å². The molecule has 90 valence electrons. The van der Waals surface area contributed by atoms with E-state index in [1.54, 1.807) is 11.8 Å². The van der Waals surface area contributed by atoms with Crippen molar-refractivity contribution in [2.24, 2.45) is 11.7 Å². The fourth-order valence-corrected chi connectivity index (χ4v) is 2.69. The summed E-state index contributed by atoms with van der Waals surface area (Å²) in [7, 11) is 0. The van der Waals surface area contributed by atoms with Crippen LogP contribution in [0.1, 0.15) is 26.2 Å². The van der Waals surface area contributed by atoms with Gasteiger partial charge >= 0.3 is 5.97 Å². The summed E-state index contributed by atoms with van der Waals surface area (Å²) in [6.07, 6.45) is 2.99. The van der Waals surface area contributed by atoms with Gasteiger partial charge in [0.1, 0.15) is 0 Å². The van der Waals surface area contributed by atoms with Crippen molar-refractivity contribution < 1.29 is 14.3 Å². The van der Waals surface area contributed by atoms with Crippen molar-refractivity contribution in [3.05, 3.63) is 0 Å². The lowest BCUT2D eigenvalue weighted by molar-refractivity contribution is -0.152. The zero-order valence-corrected chi connectivity index (χ0v) is 9.52. The van der Waals surface area contributed by atoms with E-state index in [9.17, 15) is 9.59 Å². The van der Waals surface area contributed by atoms with Crippen LogP contribution in [0.3, 0.4) is 0 Å². The van der Waals surface area contributed by atoms with Crippen LogP contribution in [0.15, 0.2) is 0 Å². The molecule has 0 bridgehead atoms. The zero-order chi connectivity index (χ0) is 11.7. The summed E-state index contributed by atoms with van der Waals surface area (Å²) in [4.78, 5) is 25.4. The Morgan fingerprint density at radius 3 is 2.94 bits per heavy atom. The Labute approximate surface area is 94.9 Å². The average molecular weight is 226 g/mol. The van der Waals surface area contributed by atoms with E-state index in [-0.39, 0.29) is 11.9 Å². The fraction of sp³-hybridized carbons (Fsp3) is 0.818. The number of fused-ring (bicyclic) bond motifs is 1. The molecule has 2 N–H and O–H groups in total. The molecule has 3 atom stereocenters. The van der Waals surface area contributed by atoms with Crippen LogP contribution in [0.5, 0.6) is 0 Å². The van der Waals surface area contributed by atoms with Gasteiger partial charge in [0.2, 0.25) is 5.91 Å². The first-order valence-electron chi connectivity index (χ1n) is 5.89. The van der Waals surface area contributed by atoms with Crippen molar-refractivity contribution in [3.8, 4) is 0 Å². The van der Waals surface area contributed by atoms with Gasteiger partial charge in [-0.3, -0.25) is 9.59 Å². The molecule has 5 nitrogen and oxygen atoms in total. The average Bonchev–Trinajstić information content (AvgIpc) is 2.53. The predicted molar refractivity (Wildman–Crippen MR) is 57.5 cm³/mol. The summed E-state index contributed by atoms with van der Waals surface area (Å²) >= 11 is 0. The minimum absolute atomic E-state index is 0.0376.